The van der Waals surface area contributed by atoms with E-state index in [9.17, 15) is 14.7 Å². The zero-order valence-corrected chi connectivity index (χ0v) is 15.5. The molecule has 1 amide bonds. The fourth-order valence-electron chi connectivity index (χ4n) is 3.18. The Morgan fingerprint density at radius 2 is 1.69 bits per heavy atom. The maximum atomic E-state index is 12.6. The average Bonchev–Trinajstić information content (AvgIpc) is 2.76. The smallest absolute Gasteiger partial charge is 0.258 e. The molecule has 0 bridgehead atoms. The summed E-state index contributed by atoms with van der Waals surface area (Å²) < 4.78 is 11.4. The Hall–Kier alpha value is -3.64. The van der Waals surface area contributed by atoms with E-state index >= 15 is 0 Å². The molecule has 29 heavy (non-hydrogen) atoms. The van der Waals surface area contributed by atoms with Crippen molar-refractivity contribution < 1.29 is 19.1 Å². The third-order valence-corrected chi connectivity index (χ3v) is 4.64. The molecule has 0 fully saturated rings. The number of para-hydroxylation sites is 1. The summed E-state index contributed by atoms with van der Waals surface area (Å²) in [4.78, 5) is 24.8. The average molecular weight is 389 g/mol. The van der Waals surface area contributed by atoms with Crippen molar-refractivity contribution in [3.05, 3.63) is 88.6 Å². The Kier molecular flexibility index (Phi) is 5.27. The molecule has 4 rings (SSSR count). The number of nitrogens with one attached hydrogen (secondary N) is 1. The van der Waals surface area contributed by atoms with Gasteiger partial charge in [0.15, 0.2) is 6.61 Å². The Morgan fingerprint density at radius 1 is 0.966 bits per heavy atom. The molecule has 6 heteroatoms. The molecule has 2 N–H and O–H groups in total. The topological polar surface area (TPSA) is 88.8 Å². The quantitative estimate of drug-likeness (QED) is 0.495. The highest BCUT2D eigenvalue weighted by atomic mass is 16.5. The molecule has 6 nitrogen and oxygen atoms in total. The number of benzene rings is 3. The SMILES string of the molecule is O=C(COc1ccc2c(=O)c3ccccc3oc2c1)NC(CO)c1ccccc1. The van der Waals surface area contributed by atoms with Gasteiger partial charge in [0.05, 0.1) is 23.4 Å². The first kappa shape index (κ1) is 18.7. The van der Waals surface area contributed by atoms with Gasteiger partial charge in [0, 0.05) is 6.07 Å². The molecule has 0 aliphatic rings. The fraction of sp³-hybridized carbons (Fsp3) is 0.130. The Morgan fingerprint density at radius 3 is 2.48 bits per heavy atom. The number of rotatable bonds is 6. The van der Waals surface area contributed by atoms with Crippen molar-refractivity contribution in [2.45, 2.75) is 6.04 Å². The molecule has 0 aliphatic carbocycles. The van der Waals surface area contributed by atoms with Crippen molar-refractivity contribution in [2.75, 3.05) is 13.2 Å². The number of ether oxygens (including phenoxy) is 1. The van der Waals surface area contributed by atoms with Gasteiger partial charge in [0.1, 0.15) is 16.9 Å². The minimum atomic E-state index is -0.506. The van der Waals surface area contributed by atoms with Crippen LogP contribution >= 0.6 is 0 Å². The molecule has 1 atom stereocenters. The number of hydrogen-bond donors (Lipinski definition) is 2. The van der Waals surface area contributed by atoms with Gasteiger partial charge in [-0.3, -0.25) is 9.59 Å². The third-order valence-electron chi connectivity index (χ3n) is 4.64. The third kappa shape index (κ3) is 3.97. The zero-order chi connectivity index (χ0) is 20.2. The van der Waals surface area contributed by atoms with Crippen molar-refractivity contribution in [3.63, 3.8) is 0 Å². The monoisotopic (exact) mass is 389 g/mol. The van der Waals surface area contributed by atoms with E-state index in [2.05, 4.69) is 5.32 Å². The first-order valence-electron chi connectivity index (χ1n) is 9.19. The number of fused-ring (bicyclic) bond motifs is 2. The van der Waals surface area contributed by atoms with E-state index in [0.717, 1.165) is 5.56 Å². The maximum Gasteiger partial charge on any atom is 0.258 e. The summed E-state index contributed by atoms with van der Waals surface area (Å²) in [5, 5.41) is 13.2. The van der Waals surface area contributed by atoms with Crippen LogP contribution < -0.4 is 15.5 Å². The lowest BCUT2D eigenvalue weighted by Crippen LogP contribution is -2.34. The summed E-state index contributed by atoms with van der Waals surface area (Å²) in [5.41, 5.74) is 1.58. The minimum Gasteiger partial charge on any atom is -0.484 e. The summed E-state index contributed by atoms with van der Waals surface area (Å²) in [6.07, 6.45) is 0. The van der Waals surface area contributed by atoms with Gasteiger partial charge in [-0.05, 0) is 29.8 Å². The number of amides is 1. The van der Waals surface area contributed by atoms with Crippen LogP contribution in [0.5, 0.6) is 5.75 Å². The van der Waals surface area contributed by atoms with Crippen LogP contribution in [0.25, 0.3) is 21.9 Å². The van der Waals surface area contributed by atoms with E-state index in [1.807, 2.05) is 30.3 Å². The van der Waals surface area contributed by atoms with Gasteiger partial charge in [-0.1, -0.05) is 42.5 Å². The van der Waals surface area contributed by atoms with E-state index in [1.165, 1.54) is 0 Å². The highest BCUT2D eigenvalue weighted by molar-refractivity contribution is 5.90. The summed E-state index contributed by atoms with van der Waals surface area (Å²) in [5.74, 6) is 0.0410. The Bertz CT molecular complexity index is 1220. The lowest BCUT2D eigenvalue weighted by Gasteiger charge is -2.17. The molecule has 0 saturated carbocycles. The van der Waals surface area contributed by atoms with Gasteiger partial charge in [-0.25, -0.2) is 0 Å². The molecular weight excluding hydrogens is 370 g/mol. The largest absolute Gasteiger partial charge is 0.484 e. The predicted molar refractivity (Wildman–Crippen MR) is 110 cm³/mol. The van der Waals surface area contributed by atoms with E-state index in [4.69, 9.17) is 9.15 Å². The lowest BCUT2D eigenvalue weighted by molar-refractivity contribution is -0.124. The number of aliphatic hydroxyl groups is 1. The molecule has 0 aliphatic heterocycles. The van der Waals surface area contributed by atoms with Crippen molar-refractivity contribution >= 4 is 27.8 Å². The second-order valence-electron chi connectivity index (χ2n) is 6.59. The van der Waals surface area contributed by atoms with Gasteiger partial charge in [-0.2, -0.15) is 0 Å². The van der Waals surface area contributed by atoms with Crippen LogP contribution in [-0.2, 0) is 4.79 Å². The van der Waals surface area contributed by atoms with Crippen LogP contribution in [0.3, 0.4) is 0 Å². The summed E-state index contributed by atoms with van der Waals surface area (Å²) in [7, 11) is 0. The number of carbonyl (C=O) groups excluding carboxylic acids is 1. The fourth-order valence-corrected chi connectivity index (χ4v) is 3.18. The minimum absolute atomic E-state index is 0.111. The van der Waals surface area contributed by atoms with Gasteiger partial charge in [-0.15, -0.1) is 0 Å². The van der Waals surface area contributed by atoms with Crippen LogP contribution in [0.1, 0.15) is 11.6 Å². The molecule has 146 valence electrons. The van der Waals surface area contributed by atoms with Crippen molar-refractivity contribution in [1.29, 1.82) is 0 Å². The summed E-state index contributed by atoms with van der Waals surface area (Å²) >= 11 is 0. The van der Waals surface area contributed by atoms with E-state index in [0.29, 0.717) is 27.7 Å². The van der Waals surface area contributed by atoms with Gasteiger partial charge in [0.25, 0.3) is 5.91 Å². The van der Waals surface area contributed by atoms with Crippen LogP contribution in [-0.4, -0.2) is 24.2 Å². The summed E-state index contributed by atoms with van der Waals surface area (Å²) in [6, 6.07) is 20.6. The van der Waals surface area contributed by atoms with Crippen LogP contribution in [0, 0.1) is 0 Å². The van der Waals surface area contributed by atoms with E-state index < -0.39 is 6.04 Å². The molecule has 1 aromatic heterocycles. The molecule has 3 aromatic carbocycles. The molecular formula is C23H19NO5. The summed E-state index contributed by atoms with van der Waals surface area (Å²) in [6.45, 7) is -0.448. The molecule has 1 unspecified atom stereocenters. The molecule has 1 heterocycles. The van der Waals surface area contributed by atoms with Crippen molar-refractivity contribution in [3.8, 4) is 5.75 Å². The number of hydrogen-bond acceptors (Lipinski definition) is 5. The maximum absolute atomic E-state index is 12.6. The van der Waals surface area contributed by atoms with E-state index in [1.54, 1.807) is 42.5 Å². The first-order valence-corrected chi connectivity index (χ1v) is 9.19. The van der Waals surface area contributed by atoms with Gasteiger partial charge in [0.2, 0.25) is 5.43 Å². The number of carbonyl (C=O) groups is 1. The predicted octanol–water partition coefficient (Wildman–Crippen LogP) is 3.17. The normalized spacial score (nSPS) is 12.0. The lowest BCUT2D eigenvalue weighted by atomic mass is 10.1. The Labute approximate surface area is 166 Å². The van der Waals surface area contributed by atoms with E-state index in [-0.39, 0.29) is 24.5 Å². The molecule has 0 spiro atoms. The second-order valence-corrected chi connectivity index (χ2v) is 6.59. The highest BCUT2D eigenvalue weighted by Crippen LogP contribution is 2.23. The molecule has 4 aromatic rings. The Balaban J connectivity index is 1.48. The van der Waals surface area contributed by atoms with Gasteiger partial charge < -0.3 is 19.6 Å². The second kappa shape index (κ2) is 8.16. The van der Waals surface area contributed by atoms with Gasteiger partial charge >= 0.3 is 0 Å². The van der Waals surface area contributed by atoms with Crippen LogP contribution in [0.2, 0.25) is 0 Å². The van der Waals surface area contributed by atoms with Crippen LogP contribution in [0.15, 0.2) is 82.0 Å². The molecule has 0 radical (unpaired) electrons. The molecule has 0 saturated heterocycles. The van der Waals surface area contributed by atoms with Crippen molar-refractivity contribution in [2.24, 2.45) is 0 Å². The zero-order valence-electron chi connectivity index (χ0n) is 15.5. The first-order chi connectivity index (χ1) is 14.2. The van der Waals surface area contributed by atoms with Crippen LogP contribution in [0.4, 0.5) is 0 Å². The standard InChI is InChI=1S/C23H19NO5/c25-13-19(15-6-2-1-3-7-15)24-22(26)14-28-16-10-11-18-21(12-16)29-20-9-5-4-8-17(20)23(18)27/h1-12,19,25H,13-14H2,(H,24,26). The number of aliphatic hydroxyl groups excluding tert-OH is 1. The highest BCUT2D eigenvalue weighted by Gasteiger charge is 2.14. The van der Waals surface area contributed by atoms with Crippen molar-refractivity contribution in [1.82, 2.24) is 5.32 Å².